The van der Waals surface area contributed by atoms with Gasteiger partial charge in [0.15, 0.2) is 5.82 Å². The van der Waals surface area contributed by atoms with E-state index < -0.39 is 6.11 Å². The SMILES string of the molecule is C=CC(F)(F)Oc1ccc(CCC(=O)Nc2cn(CC3CC3)c(C(=O)N3CCN(c4ccc(N([O-])O)cc4)CC3)n2)cc1. The van der Waals surface area contributed by atoms with Gasteiger partial charge in [0.2, 0.25) is 11.7 Å². The lowest BCUT2D eigenvalue weighted by Gasteiger charge is -2.36. The average Bonchev–Trinajstić information content (AvgIpc) is 3.74. The van der Waals surface area contributed by atoms with Crippen molar-refractivity contribution in [1.82, 2.24) is 14.5 Å². The van der Waals surface area contributed by atoms with Gasteiger partial charge in [-0.25, -0.2) is 4.98 Å². The predicted molar refractivity (Wildman–Crippen MR) is 156 cm³/mol. The van der Waals surface area contributed by atoms with E-state index in [1.165, 1.54) is 24.3 Å². The molecule has 0 radical (unpaired) electrons. The molecule has 43 heavy (non-hydrogen) atoms. The molecule has 2 heterocycles. The molecule has 1 aliphatic carbocycles. The number of halogens is 2. The Kier molecular flexibility index (Phi) is 8.92. The zero-order valence-electron chi connectivity index (χ0n) is 23.5. The van der Waals surface area contributed by atoms with Crippen LogP contribution in [0.3, 0.4) is 0 Å². The minimum Gasteiger partial charge on any atom is -0.733 e. The standard InChI is InChI=1S/C30H33F2N6O5/c1-2-30(31,32)43-25-12-5-21(6-13-25)7-14-27(39)33-26-20-37(19-22-3-4-22)28(34-26)29(40)36-17-15-35(16-18-36)23-8-10-24(11-9-23)38(41)42/h2,5-6,8-13,20,22,41H,1,3-4,7,14-19H2,(H,33,39)/q-1. The van der Waals surface area contributed by atoms with Crippen LogP contribution in [0.5, 0.6) is 5.75 Å². The fourth-order valence-corrected chi connectivity index (χ4v) is 4.85. The third kappa shape index (κ3) is 7.87. The maximum atomic E-state index is 13.5. The Balaban J connectivity index is 1.17. The fraction of sp³-hybridized carbons (Fsp3) is 0.367. The molecule has 11 nitrogen and oxygen atoms in total. The normalized spacial score (nSPS) is 15.3. The topological polar surface area (TPSA) is 126 Å². The van der Waals surface area contributed by atoms with Crippen LogP contribution in [0.4, 0.5) is 26.0 Å². The molecular weight excluding hydrogens is 562 g/mol. The summed E-state index contributed by atoms with van der Waals surface area (Å²) in [7, 11) is 0. The number of anilines is 3. The average molecular weight is 596 g/mol. The van der Waals surface area contributed by atoms with E-state index in [0.717, 1.165) is 24.1 Å². The fourth-order valence-electron chi connectivity index (χ4n) is 4.85. The second-order valence-corrected chi connectivity index (χ2v) is 10.7. The largest absolute Gasteiger partial charge is 0.733 e. The smallest absolute Gasteiger partial charge is 0.419 e. The Morgan fingerprint density at radius 3 is 2.40 bits per heavy atom. The van der Waals surface area contributed by atoms with Crippen molar-refractivity contribution in [3.63, 3.8) is 0 Å². The van der Waals surface area contributed by atoms with Crippen LogP contribution in [-0.2, 0) is 17.8 Å². The Bertz CT molecular complexity index is 1430. The summed E-state index contributed by atoms with van der Waals surface area (Å²) in [6, 6.07) is 12.6. The first-order valence-electron chi connectivity index (χ1n) is 14.1. The highest BCUT2D eigenvalue weighted by atomic mass is 19.3. The number of aryl methyl sites for hydroxylation is 1. The Hall–Kier alpha value is -4.49. The summed E-state index contributed by atoms with van der Waals surface area (Å²) in [5, 5.41) is 22.7. The van der Waals surface area contributed by atoms with Gasteiger partial charge >= 0.3 is 6.11 Å². The molecule has 2 aromatic carbocycles. The van der Waals surface area contributed by atoms with Crippen LogP contribution in [-0.4, -0.2) is 63.8 Å². The van der Waals surface area contributed by atoms with Crippen molar-refractivity contribution in [2.45, 2.75) is 38.3 Å². The van der Waals surface area contributed by atoms with Crippen molar-refractivity contribution in [3.8, 4) is 5.75 Å². The van der Waals surface area contributed by atoms with Crippen LogP contribution >= 0.6 is 0 Å². The van der Waals surface area contributed by atoms with Gasteiger partial charge in [0, 0.05) is 57.1 Å². The molecule has 2 amide bonds. The molecule has 2 N–H and O–H groups in total. The monoisotopic (exact) mass is 595 g/mol. The number of amides is 2. The first kappa shape index (κ1) is 30.0. The number of rotatable bonds is 12. The molecule has 13 heteroatoms. The van der Waals surface area contributed by atoms with Gasteiger partial charge in [0.25, 0.3) is 5.91 Å². The second kappa shape index (κ2) is 12.8. The zero-order chi connectivity index (χ0) is 30.6. The quantitative estimate of drug-likeness (QED) is 0.228. The number of aromatic nitrogens is 2. The van der Waals surface area contributed by atoms with E-state index in [1.807, 2.05) is 4.57 Å². The van der Waals surface area contributed by atoms with E-state index in [-0.39, 0.29) is 40.7 Å². The molecule has 1 aliphatic heterocycles. The van der Waals surface area contributed by atoms with E-state index in [2.05, 4.69) is 26.5 Å². The number of hydrogen-bond donors (Lipinski definition) is 2. The highest BCUT2D eigenvalue weighted by Gasteiger charge is 2.30. The van der Waals surface area contributed by atoms with Crippen molar-refractivity contribution in [2.24, 2.45) is 5.92 Å². The summed E-state index contributed by atoms with van der Waals surface area (Å²) in [6.07, 6.45) is 1.34. The maximum Gasteiger partial charge on any atom is 0.419 e. The van der Waals surface area contributed by atoms with Crippen LogP contribution < -0.4 is 20.2 Å². The molecule has 0 atom stereocenters. The van der Waals surface area contributed by atoms with Crippen LogP contribution in [0.25, 0.3) is 0 Å². The van der Waals surface area contributed by atoms with E-state index in [0.29, 0.717) is 57.0 Å². The Labute approximate surface area is 247 Å². The molecule has 0 unspecified atom stereocenters. The van der Waals surface area contributed by atoms with Crippen molar-refractivity contribution in [3.05, 3.63) is 84.0 Å². The van der Waals surface area contributed by atoms with Gasteiger partial charge in [0.1, 0.15) is 5.75 Å². The molecule has 2 fully saturated rings. The number of piperazine rings is 1. The highest BCUT2D eigenvalue weighted by Crippen LogP contribution is 2.32. The van der Waals surface area contributed by atoms with Gasteiger partial charge in [-0.05, 0) is 67.1 Å². The van der Waals surface area contributed by atoms with Gasteiger partial charge in [-0.1, -0.05) is 18.7 Å². The molecule has 0 spiro atoms. The summed E-state index contributed by atoms with van der Waals surface area (Å²) in [5.41, 5.74) is 1.80. The van der Waals surface area contributed by atoms with Gasteiger partial charge < -0.3 is 34.9 Å². The van der Waals surface area contributed by atoms with Crippen molar-refractivity contribution < 1.29 is 28.3 Å². The maximum absolute atomic E-state index is 13.5. The summed E-state index contributed by atoms with van der Waals surface area (Å²) >= 11 is 0. The summed E-state index contributed by atoms with van der Waals surface area (Å²) in [4.78, 5) is 34.5. The number of nitrogens with zero attached hydrogens (tertiary/aromatic N) is 5. The third-order valence-corrected chi connectivity index (χ3v) is 7.45. The molecule has 0 bridgehead atoms. The van der Waals surface area contributed by atoms with Gasteiger partial charge in [-0.2, -0.15) is 8.78 Å². The van der Waals surface area contributed by atoms with E-state index in [1.54, 1.807) is 35.4 Å². The van der Waals surface area contributed by atoms with Crippen LogP contribution in [0, 0.1) is 11.1 Å². The van der Waals surface area contributed by atoms with Crippen LogP contribution in [0.1, 0.15) is 35.4 Å². The second-order valence-electron chi connectivity index (χ2n) is 10.7. The predicted octanol–water partition coefficient (Wildman–Crippen LogP) is 4.68. The Morgan fingerprint density at radius 1 is 1.12 bits per heavy atom. The van der Waals surface area contributed by atoms with Gasteiger partial charge in [-0.15, -0.1) is 0 Å². The zero-order valence-corrected chi connectivity index (χ0v) is 23.5. The van der Waals surface area contributed by atoms with Crippen LogP contribution in [0.15, 0.2) is 67.4 Å². The Morgan fingerprint density at radius 2 is 1.79 bits per heavy atom. The third-order valence-electron chi connectivity index (χ3n) is 7.45. The molecule has 1 saturated carbocycles. The van der Waals surface area contributed by atoms with Crippen molar-refractivity contribution in [2.75, 3.05) is 41.6 Å². The van der Waals surface area contributed by atoms with E-state index >= 15 is 0 Å². The lowest BCUT2D eigenvalue weighted by Crippen LogP contribution is -2.49. The minimum atomic E-state index is -3.46. The number of imidazole rings is 1. The summed E-state index contributed by atoms with van der Waals surface area (Å²) < 4.78 is 33.0. The number of carbonyl (C=O) groups excluding carboxylic acids is 2. The number of carbonyl (C=O) groups is 2. The summed E-state index contributed by atoms with van der Waals surface area (Å²) in [6.45, 7) is 5.81. The molecule has 228 valence electrons. The molecule has 1 saturated heterocycles. The molecule has 3 aromatic rings. The van der Waals surface area contributed by atoms with Gasteiger partial charge in [-0.3, -0.25) is 14.8 Å². The van der Waals surface area contributed by atoms with E-state index in [9.17, 15) is 23.6 Å². The van der Waals surface area contributed by atoms with Crippen molar-refractivity contribution in [1.29, 1.82) is 0 Å². The molecule has 2 aliphatic rings. The minimum absolute atomic E-state index is 0.00788. The summed E-state index contributed by atoms with van der Waals surface area (Å²) in [5.74, 6) is 0.570. The number of nitrogens with one attached hydrogen (secondary N) is 1. The lowest BCUT2D eigenvalue weighted by atomic mass is 10.1. The lowest BCUT2D eigenvalue weighted by molar-refractivity contribution is -0.131. The van der Waals surface area contributed by atoms with E-state index in [4.69, 9.17) is 5.21 Å². The highest BCUT2D eigenvalue weighted by molar-refractivity contribution is 5.94. The number of hydrogen-bond acceptors (Lipinski definition) is 8. The van der Waals surface area contributed by atoms with Crippen LogP contribution in [0.2, 0.25) is 0 Å². The first-order valence-corrected chi connectivity index (χ1v) is 14.1. The molecule has 1 aromatic heterocycles. The number of ether oxygens (including phenoxy) is 1. The van der Waals surface area contributed by atoms with Gasteiger partial charge in [0.05, 0.1) is 5.69 Å². The molecule has 5 rings (SSSR count). The first-order chi connectivity index (χ1) is 20.6. The molecular formula is C30H33F2N6O5-. The number of benzene rings is 2. The number of alkyl halides is 2. The van der Waals surface area contributed by atoms with Crippen molar-refractivity contribution >= 4 is 29.0 Å².